The lowest BCUT2D eigenvalue weighted by molar-refractivity contribution is 0.0956. The summed E-state index contributed by atoms with van der Waals surface area (Å²) in [6, 6.07) is 7.61. The van der Waals surface area contributed by atoms with Crippen LogP contribution in [0.1, 0.15) is 42.6 Å². The topological polar surface area (TPSA) is 65.5 Å². The molecule has 1 aromatic carbocycles. The second-order valence-corrected chi connectivity index (χ2v) is 5.58. The van der Waals surface area contributed by atoms with Gasteiger partial charge in [-0.15, -0.1) is 24.0 Å². The first-order valence-corrected chi connectivity index (χ1v) is 8.12. The van der Waals surface area contributed by atoms with Crippen molar-refractivity contribution >= 4 is 35.8 Å². The first-order chi connectivity index (χ1) is 10.7. The first-order valence-electron chi connectivity index (χ1n) is 8.12. The third-order valence-corrected chi connectivity index (χ3v) is 3.57. The summed E-state index contributed by atoms with van der Waals surface area (Å²) in [5.41, 5.74) is 1.78. The number of carbonyl (C=O) groups excluding carboxylic acids is 1. The van der Waals surface area contributed by atoms with Crippen LogP contribution in [-0.4, -0.2) is 31.5 Å². The van der Waals surface area contributed by atoms with Crippen LogP contribution in [0.25, 0.3) is 0 Å². The monoisotopic (exact) mass is 430 g/mol. The molecule has 0 atom stereocenters. The number of aliphatic imine (C=N–C) groups is 1. The molecule has 1 aliphatic rings. The Morgan fingerprint density at radius 2 is 1.74 bits per heavy atom. The molecule has 1 aromatic rings. The van der Waals surface area contributed by atoms with Crippen molar-refractivity contribution in [2.45, 2.75) is 33.2 Å². The predicted molar refractivity (Wildman–Crippen MR) is 105 cm³/mol. The second-order valence-electron chi connectivity index (χ2n) is 5.58. The lowest BCUT2D eigenvalue weighted by atomic mass is 10.1. The number of halogens is 1. The van der Waals surface area contributed by atoms with Gasteiger partial charge in [-0.05, 0) is 50.3 Å². The molecule has 0 heterocycles. The van der Waals surface area contributed by atoms with Gasteiger partial charge < -0.3 is 16.0 Å². The van der Waals surface area contributed by atoms with Crippen LogP contribution in [-0.2, 0) is 6.54 Å². The second kappa shape index (κ2) is 10.5. The van der Waals surface area contributed by atoms with Gasteiger partial charge in [0, 0.05) is 25.2 Å². The van der Waals surface area contributed by atoms with E-state index in [1.165, 1.54) is 12.8 Å². The third kappa shape index (κ3) is 7.20. The molecule has 0 unspecified atom stereocenters. The van der Waals surface area contributed by atoms with Gasteiger partial charge in [0.15, 0.2) is 5.96 Å². The van der Waals surface area contributed by atoms with E-state index >= 15 is 0 Å². The van der Waals surface area contributed by atoms with Crippen molar-refractivity contribution in [2.75, 3.05) is 19.6 Å². The summed E-state index contributed by atoms with van der Waals surface area (Å²) in [7, 11) is 0. The highest BCUT2D eigenvalue weighted by atomic mass is 127. The molecule has 1 saturated carbocycles. The number of benzene rings is 1. The Bertz CT molecular complexity index is 512. The SMILES string of the molecule is CCNC(=O)c1ccc(CN=C(NCC)NCC2CC2)cc1.I. The highest BCUT2D eigenvalue weighted by molar-refractivity contribution is 14.0. The van der Waals surface area contributed by atoms with E-state index in [1.807, 2.05) is 31.2 Å². The molecule has 0 aromatic heterocycles. The van der Waals surface area contributed by atoms with Gasteiger partial charge >= 0.3 is 0 Å². The van der Waals surface area contributed by atoms with Crippen LogP contribution >= 0.6 is 24.0 Å². The minimum Gasteiger partial charge on any atom is -0.357 e. The number of hydrogen-bond donors (Lipinski definition) is 3. The van der Waals surface area contributed by atoms with Gasteiger partial charge in [0.25, 0.3) is 5.91 Å². The molecule has 5 nitrogen and oxygen atoms in total. The molecular weight excluding hydrogens is 403 g/mol. The molecule has 3 N–H and O–H groups in total. The fourth-order valence-corrected chi connectivity index (χ4v) is 2.10. The van der Waals surface area contributed by atoms with Crippen LogP contribution in [0, 0.1) is 5.92 Å². The molecule has 0 spiro atoms. The van der Waals surface area contributed by atoms with Crippen LogP contribution in [0.2, 0.25) is 0 Å². The van der Waals surface area contributed by atoms with E-state index < -0.39 is 0 Å². The third-order valence-electron chi connectivity index (χ3n) is 3.57. The number of carbonyl (C=O) groups is 1. The maximum absolute atomic E-state index is 11.7. The quantitative estimate of drug-likeness (QED) is 0.354. The Labute approximate surface area is 155 Å². The summed E-state index contributed by atoms with van der Waals surface area (Å²) >= 11 is 0. The normalized spacial score (nSPS) is 13.9. The average molecular weight is 430 g/mol. The van der Waals surface area contributed by atoms with E-state index in [9.17, 15) is 4.79 Å². The van der Waals surface area contributed by atoms with Crippen LogP contribution in [0.4, 0.5) is 0 Å². The van der Waals surface area contributed by atoms with Gasteiger partial charge in [-0.25, -0.2) is 4.99 Å². The van der Waals surface area contributed by atoms with Gasteiger partial charge in [-0.3, -0.25) is 4.79 Å². The molecule has 1 amide bonds. The van der Waals surface area contributed by atoms with Crippen LogP contribution in [0.15, 0.2) is 29.3 Å². The molecule has 2 rings (SSSR count). The van der Waals surface area contributed by atoms with Crippen molar-refractivity contribution in [1.82, 2.24) is 16.0 Å². The molecule has 0 bridgehead atoms. The zero-order valence-electron chi connectivity index (χ0n) is 13.9. The van der Waals surface area contributed by atoms with Gasteiger partial charge in [0.05, 0.1) is 6.54 Å². The summed E-state index contributed by atoms with van der Waals surface area (Å²) in [4.78, 5) is 16.3. The van der Waals surface area contributed by atoms with E-state index in [0.29, 0.717) is 18.7 Å². The van der Waals surface area contributed by atoms with Crippen molar-refractivity contribution in [2.24, 2.45) is 10.9 Å². The fraction of sp³-hybridized carbons (Fsp3) is 0.529. The van der Waals surface area contributed by atoms with E-state index in [-0.39, 0.29) is 29.9 Å². The average Bonchev–Trinajstić information content (AvgIpc) is 3.35. The molecule has 6 heteroatoms. The number of guanidine groups is 1. The van der Waals surface area contributed by atoms with Gasteiger partial charge in [-0.2, -0.15) is 0 Å². The Balaban J connectivity index is 0.00000264. The Morgan fingerprint density at radius 1 is 1.09 bits per heavy atom. The van der Waals surface area contributed by atoms with E-state index in [0.717, 1.165) is 30.5 Å². The van der Waals surface area contributed by atoms with Crippen molar-refractivity contribution in [1.29, 1.82) is 0 Å². The van der Waals surface area contributed by atoms with Crippen molar-refractivity contribution in [3.05, 3.63) is 35.4 Å². The number of nitrogens with zero attached hydrogens (tertiary/aromatic N) is 1. The Hall–Kier alpha value is -1.31. The van der Waals surface area contributed by atoms with Crippen LogP contribution in [0.5, 0.6) is 0 Å². The first kappa shape index (κ1) is 19.7. The molecule has 0 radical (unpaired) electrons. The number of nitrogens with one attached hydrogen (secondary N) is 3. The maximum Gasteiger partial charge on any atom is 0.251 e. The minimum atomic E-state index is -0.0306. The van der Waals surface area contributed by atoms with Gasteiger partial charge in [0.1, 0.15) is 0 Å². The van der Waals surface area contributed by atoms with Gasteiger partial charge in [0.2, 0.25) is 0 Å². The number of amides is 1. The molecule has 23 heavy (non-hydrogen) atoms. The number of hydrogen-bond acceptors (Lipinski definition) is 2. The summed E-state index contributed by atoms with van der Waals surface area (Å²) in [5, 5.41) is 9.43. The van der Waals surface area contributed by atoms with Gasteiger partial charge in [-0.1, -0.05) is 12.1 Å². The van der Waals surface area contributed by atoms with Crippen LogP contribution in [0.3, 0.4) is 0 Å². The van der Waals surface area contributed by atoms with Crippen molar-refractivity contribution in [3.63, 3.8) is 0 Å². The Morgan fingerprint density at radius 3 is 2.30 bits per heavy atom. The van der Waals surface area contributed by atoms with Crippen molar-refractivity contribution < 1.29 is 4.79 Å². The molecule has 0 aliphatic heterocycles. The standard InChI is InChI=1S/C17H26N4O.HI/c1-3-18-16(22)15-9-7-14(8-10-15)12-21-17(19-4-2)20-11-13-5-6-13;/h7-10,13H,3-6,11-12H2,1-2H3,(H,18,22)(H2,19,20,21);1H. The molecule has 128 valence electrons. The minimum absolute atomic E-state index is 0. The fourth-order valence-electron chi connectivity index (χ4n) is 2.10. The van der Waals surface area contributed by atoms with E-state index in [1.54, 1.807) is 0 Å². The summed E-state index contributed by atoms with van der Waals surface area (Å²) in [6.45, 7) is 7.08. The molecule has 0 saturated heterocycles. The van der Waals surface area contributed by atoms with Crippen LogP contribution < -0.4 is 16.0 Å². The number of rotatable bonds is 7. The Kier molecular flexibility index (Phi) is 8.98. The predicted octanol–water partition coefficient (Wildman–Crippen LogP) is 2.52. The highest BCUT2D eigenvalue weighted by Gasteiger charge is 2.20. The largest absolute Gasteiger partial charge is 0.357 e. The maximum atomic E-state index is 11.7. The summed E-state index contributed by atoms with van der Waals surface area (Å²) < 4.78 is 0. The van der Waals surface area contributed by atoms with E-state index in [4.69, 9.17) is 0 Å². The lowest BCUT2D eigenvalue weighted by Crippen LogP contribution is -2.38. The van der Waals surface area contributed by atoms with E-state index in [2.05, 4.69) is 27.9 Å². The highest BCUT2D eigenvalue weighted by Crippen LogP contribution is 2.27. The molecule has 1 aliphatic carbocycles. The molecule has 1 fully saturated rings. The lowest BCUT2D eigenvalue weighted by Gasteiger charge is -2.10. The smallest absolute Gasteiger partial charge is 0.251 e. The zero-order chi connectivity index (χ0) is 15.8. The van der Waals surface area contributed by atoms with Crippen molar-refractivity contribution in [3.8, 4) is 0 Å². The molecular formula is C17H27IN4O. The summed E-state index contributed by atoms with van der Waals surface area (Å²) in [6.07, 6.45) is 2.65. The zero-order valence-corrected chi connectivity index (χ0v) is 16.2. The summed E-state index contributed by atoms with van der Waals surface area (Å²) in [5.74, 6) is 1.65.